The number of nitrogens with zero attached hydrogens (tertiary/aromatic N) is 3. The van der Waals surface area contributed by atoms with Crippen LogP contribution in [0.3, 0.4) is 0 Å². The van der Waals surface area contributed by atoms with Crippen LogP contribution in [-0.2, 0) is 0 Å². The molecule has 3 heterocycles. The van der Waals surface area contributed by atoms with Crippen molar-refractivity contribution in [1.82, 2.24) is 20.3 Å². The average molecular weight is 504 g/mol. The molecule has 2 amide bonds. The van der Waals surface area contributed by atoms with Gasteiger partial charge in [0.05, 0.1) is 41.2 Å². The van der Waals surface area contributed by atoms with E-state index in [2.05, 4.69) is 25.6 Å². The van der Waals surface area contributed by atoms with Crippen molar-refractivity contribution in [2.75, 3.05) is 12.4 Å². The van der Waals surface area contributed by atoms with Crippen molar-refractivity contribution in [2.45, 2.75) is 13.0 Å². The van der Waals surface area contributed by atoms with Crippen molar-refractivity contribution in [1.29, 1.82) is 0 Å². The molecule has 0 aliphatic heterocycles. The number of hydrogen-bond donors (Lipinski definition) is 2. The highest BCUT2D eigenvalue weighted by atomic mass is 16.5. The molecule has 0 radical (unpaired) electrons. The van der Waals surface area contributed by atoms with Crippen LogP contribution in [0.1, 0.15) is 39.4 Å². The van der Waals surface area contributed by atoms with E-state index in [0.29, 0.717) is 28.0 Å². The van der Waals surface area contributed by atoms with E-state index in [1.54, 1.807) is 49.8 Å². The summed E-state index contributed by atoms with van der Waals surface area (Å²) in [7, 11) is 1.60. The van der Waals surface area contributed by atoms with Gasteiger partial charge in [-0.1, -0.05) is 12.1 Å². The number of anilines is 1. The third kappa shape index (κ3) is 5.34. The molecule has 1 atom stereocenters. The molecule has 0 saturated carbocycles. The van der Waals surface area contributed by atoms with E-state index >= 15 is 0 Å². The van der Waals surface area contributed by atoms with Crippen LogP contribution in [0.2, 0.25) is 0 Å². The fourth-order valence-corrected chi connectivity index (χ4v) is 4.08. The summed E-state index contributed by atoms with van der Waals surface area (Å²) in [5.41, 5.74) is 4.27. The van der Waals surface area contributed by atoms with E-state index in [-0.39, 0.29) is 17.9 Å². The van der Waals surface area contributed by atoms with Crippen LogP contribution < -0.4 is 15.4 Å². The lowest BCUT2D eigenvalue weighted by atomic mass is 10.0. The van der Waals surface area contributed by atoms with E-state index in [4.69, 9.17) is 4.74 Å². The largest absolute Gasteiger partial charge is 0.497 e. The molecule has 38 heavy (non-hydrogen) atoms. The first kappa shape index (κ1) is 24.6. The number of benzene rings is 2. The molecule has 0 unspecified atom stereocenters. The third-order valence-electron chi connectivity index (χ3n) is 6.10. The third-order valence-corrected chi connectivity index (χ3v) is 6.10. The molecule has 5 rings (SSSR count). The van der Waals surface area contributed by atoms with Crippen LogP contribution in [0.25, 0.3) is 22.2 Å². The van der Waals surface area contributed by atoms with Crippen molar-refractivity contribution in [3.05, 3.63) is 114 Å². The minimum Gasteiger partial charge on any atom is -0.497 e. The standard InChI is InChI=1S/C30H25N5O3/c1-19(26-7-3-4-14-31-26)34-29(36)22-16-21-8-11-23(17-27(21)33-18-22)35-30(37)25-6-5-15-32-28(25)20-9-12-24(38-2)13-10-20/h3-19H,1-2H3,(H,34,36)(H,35,37)/t19-/m1/s1. The van der Waals surface area contributed by atoms with Gasteiger partial charge >= 0.3 is 0 Å². The van der Waals surface area contributed by atoms with Gasteiger partial charge in [0.25, 0.3) is 11.8 Å². The predicted molar refractivity (Wildman–Crippen MR) is 146 cm³/mol. The average Bonchev–Trinajstić information content (AvgIpc) is 2.97. The van der Waals surface area contributed by atoms with Gasteiger partial charge in [-0.15, -0.1) is 0 Å². The second-order valence-corrected chi connectivity index (χ2v) is 8.66. The predicted octanol–water partition coefficient (Wildman–Crippen LogP) is 5.44. The maximum Gasteiger partial charge on any atom is 0.257 e. The van der Waals surface area contributed by atoms with E-state index in [1.807, 2.05) is 55.5 Å². The highest BCUT2D eigenvalue weighted by molar-refractivity contribution is 6.08. The SMILES string of the molecule is COc1ccc(-c2ncccc2C(=O)Nc2ccc3cc(C(=O)N[C@H](C)c4ccccn4)cnc3c2)cc1. The number of nitrogens with one attached hydrogen (secondary N) is 2. The molecule has 2 N–H and O–H groups in total. The molecule has 0 fully saturated rings. The number of rotatable bonds is 7. The minimum atomic E-state index is -0.289. The monoisotopic (exact) mass is 503 g/mol. The van der Waals surface area contributed by atoms with Crippen LogP contribution >= 0.6 is 0 Å². The van der Waals surface area contributed by atoms with Crippen molar-refractivity contribution < 1.29 is 14.3 Å². The highest BCUT2D eigenvalue weighted by Gasteiger charge is 2.16. The maximum atomic E-state index is 13.2. The number of fused-ring (bicyclic) bond motifs is 1. The summed E-state index contributed by atoms with van der Waals surface area (Å²) in [5.74, 6) is 0.197. The Hall–Kier alpha value is -5.11. The number of pyridine rings is 3. The summed E-state index contributed by atoms with van der Waals surface area (Å²) in [4.78, 5) is 39.1. The van der Waals surface area contributed by atoms with Crippen molar-refractivity contribution in [3.63, 3.8) is 0 Å². The topological polar surface area (TPSA) is 106 Å². The molecule has 0 saturated heterocycles. The van der Waals surface area contributed by atoms with Gasteiger partial charge in [-0.2, -0.15) is 0 Å². The van der Waals surface area contributed by atoms with E-state index in [1.165, 1.54) is 6.20 Å². The Balaban J connectivity index is 1.32. The molecular weight excluding hydrogens is 478 g/mol. The molecule has 5 aromatic rings. The van der Waals surface area contributed by atoms with Gasteiger partial charge in [-0.25, -0.2) is 0 Å². The second kappa shape index (κ2) is 10.9. The van der Waals surface area contributed by atoms with Crippen molar-refractivity contribution in [2.24, 2.45) is 0 Å². The Bertz CT molecular complexity index is 1600. The summed E-state index contributed by atoms with van der Waals surface area (Å²) in [6.07, 6.45) is 4.87. The molecule has 2 aromatic carbocycles. The minimum absolute atomic E-state index is 0.238. The highest BCUT2D eigenvalue weighted by Crippen LogP contribution is 2.25. The van der Waals surface area contributed by atoms with E-state index in [0.717, 1.165) is 22.4 Å². The quantitative estimate of drug-likeness (QED) is 0.306. The zero-order valence-corrected chi connectivity index (χ0v) is 20.9. The van der Waals surface area contributed by atoms with Gasteiger partial charge in [-0.3, -0.25) is 24.5 Å². The van der Waals surface area contributed by atoms with Crippen LogP contribution in [0.15, 0.2) is 97.5 Å². The molecule has 0 aliphatic carbocycles. The van der Waals surface area contributed by atoms with E-state index < -0.39 is 0 Å². The second-order valence-electron chi connectivity index (χ2n) is 8.66. The lowest BCUT2D eigenvalue weighted by Gasteiger charge is -2.13. The summed E-state index contributed by atoms with van der Waals surface area (Å²) in [6, 6.07) is 23.3. The normalized spacial score (nSPS) is 11.5. The fourth-order valence-electron chi connectivity index (χ4n) is 4.08. The number of carbonyl (C=O) groups excluding carboxylic acids is 2. The number of methoxy groups -OCH3 is 1. The first-order chi connectivity index (χ1) is 18.5. The smallest absolute Gasteiger partial charge is 0.257 e. The van der Waals surface area contributed by atoms with Crippen LogP contribution in [-0.4, -0.2) is 33.9 Å². The van der Waals surface area contributed by atoms with Gasteiger partial charge in [0.2, 0.25) is 0 Å². The molecule has 0 spiro atoms. The van der Waals surface area contributed by atoms with Crippen molar-refractivity contribution in [3.8, 4) is 17.0 Å². The summed E-state index contributed by atoms with van der Waals surface area (Å²) in [5, 5.41) is 6.66. The van der Waals surface area contributed by atoms with Gasteiger partial charge in [0, 0.05) is 35.2 Å². The zero-order chi connectivity index (χ0) is 26.5. The Kier molecular flexibility index (Phi) is 7.04. The Labute approximate surface area is 219 Å². The Morgan fingerprint density at radius 3 is 2.42 bits per heavy atom. The number of hydrogen-bond acceptors (Lipinski definition) is 6. The first-order valence-electron chi connectivity index (χ1n) is 12.0. The van der Waals surface area contributed by atoms with Crippen molar-refractivity contribution >= 4 is 28.4 Å². The van der Waals surface area contributed by atoms with Gasteiger partial charge in [-0.05, 0) is 73.7 Å². The lowest BCUT2D eigenvalue weighted by Crippen LogP contribution is -2.27. The van der Waals surface area contributed by atoms with Crippen LogP contribution in [0.5, 0.6) is 5.75 Å². The van der Waals surface area contributed by atoms with Gasteiger partial charge < -0.3 is 15.4 Å². The van der Waals surface area contributed by atoms with Gasteiger partial charge in [0.1, 0.15) is 5.75 Å². The molecule has 188 valence electrons. The summed E-state index contributed by atoms with van der Waals surface area (Å²) < 4.78 is 5.22. The molecular formula is C30H25N5O3. The molecule has 0 aliphatic rings. The molecule has 8 heteroatoms. The zero-order valence-electron chi connectivity index (χ0n) is 20.9. The number of amides is 2. The van der Waals surface area contributed by atoms with Crippen LogP contribution in [0.4, 0.5) is 5.69 Å². The number of carbonyl (C=O) groups is 2. The van der Waals surface area contributed by atoms with Crippen LogP contribution in [0, 0.1) is 0 Å². The lowest BCUT2D eigenvalue weighted by molar-refractivity contribution is 0.0938. The Morgan fingerprint density at radius 1 is 0.842 bits per heavy atom. The number of aromatic nitrogens is 3. The van der Waals surface area contributed by atoms with Gasteiger partial charge in [0.15, 0.2) is 0 Å². The molecule has 0 bridgehead atoms. The summed E-state index contributed by atoms with van der Waals surface area (Å²) in [6.45, 7) is 1.88. The molecule has 3 aromatic heterocycles. The summed E-state index contributed by atoms with van der Waals surface area (Å²) >= 11 is 0. The maximum absolute atomic E-state index is 13.2. The first-order valence-corrected chi connectivity index (χ1v) is 12.0. The van der Waals surface area contributed by atoms with E-state index in [9.17, 15) is 9.59 Å². The fraction of sp³-hybridized carbons (Fsp3) is 0.100. The Morgan fingerprint density at radius 2 is 1.66 bits per heavy atom. The number of ether oxygens (including phenoxy) is 1. The molecule has 8 nitrogen and oxygen atoms in total.